The standard InChI is InChI=1S/C16H11N5O/c17-8-12(9-18)10-20-14-3-5-15(6-4-14)21-16(22)13-2-1-7-19-11-13/h1-7,10-11,20H,(H,21,22). The van der Waals surface area contributed by atoms with Crippen molar-refractivity contribution in [2.24, 2.45) is 0 Å². The van der Waals surface area contributed by atoms with E-state index in [1.54, 1.807) is 54.7 Å². The Bertz CT molecular complexity index is 751. The second-order valence-corrected chi connectivity index (χ2v) is 4.20. The molecule has 2 N–H and O–H groups in total. The van der Waals surface area contributed by atoms with E-state index in [4.69, 9.17) is 10.5 Å². The first-order valence-corrected chi connectivity index (χ1v) is 6.31. The van der Waals surface area contributed by atoms with Crippen molar-refractivity contribution in [3.8, 4) is 12.1 Å². The molecule has 2 rings (SSSR count). The van der Waals surface area contributed by atoms with Crippen molar-refractivity contribution < 1.29 is 4.79 Å². The van der Waals surface area contributed by atoms with Crippen LogP contribution < -0.4 is 10.6 Å². The van der Waals surface area contributed by atoms with Crippen LogP contribution in [0.25, 0.3) is 0 Å². The van der Waals surface area contributed by atoms with Crippen LogP contribution in [0.5, 0.6) is 0 Å². The molecule has 1 aromatic heterocycles. The van der Waals surface area contributed by atoms with Gasteiger partial charge in [0.15, 0.2) is 0 Å². The molecule has 0 saturated carbocycles. The van der Waals surface area contributed by atoms with Crippen LogP contribution in [-0.2, 0) is 0 Å². The Morgan fingerprint density at radius 3 is 2.36 bits per heavy atom. The van der Waals surface area contributed by atoms with E-state index in [1.807, 2.05) is 0 Å². The van der Waals surface area contributed by atoms with E-state index in [2.05, 4.69) is 15.6 Å². The molecule has 0 radical (unpaired) electrons. The van der Waals surface area contributed by atoms with Gasteiger partial charge in [0.1, 0.15) is 17.7 Å². The van der Waals surface area contributed by atoms with E-state index in [9.17, 15) is 4.79 Å². The summed E-state index contributed by atoms with van der Waals surface area (Å²) in [5.41, 5.74) is 1.78. The lowest BCUT2D eigenvalue weighted by molar-refractivity contribution is 0.102. The molecule has 0 spiro atoms. The van der Waals surface area contributed by atoms with Gasteiger partial charge in [0.25, 0.3) is 5.91 Å². The predicted octanol–water partition coefficient (Wildman–Crippen LogP) is 2.68. The molecule has 0 atom stereocenters. The number of benzene rings is 1. The molecular formula is C16H11N5O. The molecule has 0 fully saturated rings. The maximum absolute atomic E-state index is 11.9. The van der Waals surface area contributed by atoms with Crippen molar-refractivity contribution in [3.05, 3.63) is 66.1 Å². The van der Waals surface area contributed by atoms with E-state index in [0.29, 0.717) is 16.9 Å². The monoisotopic (exact) mass is 289 g/mol. The molecule has 0 saturated heterocycles. The van der Waals surface area contributed by atoms with Crippen LogP contribution in [-0.4, -0.2) is 10.9 Å². The van der Waals surface area contributed by atoms with Crippen LogP contribution >= 0.6 is 0 Å². The highest BCUT2D eigenvalue weighted by molar-refractivity contribution is 6.04. The zero-order valence-corrected chi connectivity index (χ0v) is 11.4. The van der Waals surface area contributed by atoms with E-state index in [1.165, 1.54) is 12.4 Å². The van der Waals surface area contributed by atoms with Gasteiger partial charge in [0, 0.05) is 30.0 Å². The Morgan fingerprint density at radius 1 is 1.09 bits per heavy atom. The van der Waals surface area contributed by atoms with Crippen molar-refractivity contribution >= 4 is 17.3 Å². The van der Waals surface area contributed by atoms with Crippen LogP contribution in [0.4, 0.5) is 11.4 Å². The number of nitrogens with zero attached hydrogens (tertiary/aromatic N) is 3. The molecule has 1 heterocycles. The number of hydrogen-bond acceptors (Lipinski definition) is 5. The lowest BCUT2D eigenvalue weighted by Gasteiger charge is -2.06. The normalized spacial score (nSPS) is 9.00. The fourth-order valence-corrected chi connectivity index (χ4v) is 1.60. The quantitative estimate of drug-likeness (QED) is 0.842. The second kappa shape index (κ2) is 7.22. The lowest BCUT2D eigenvalue weighted by atomic mass is 10.2. The van der Waals surface area contributed by atoms with Gasteiger partial charge in [-0.2, -0.15) is 10.5 Å². The highest BCUT2D eigenvalue weighted by Gasteiger charge is 2.05. The second-order valence-electron chi connectivity index (χ2n) is 4.20. The van der Waals surface area contributed by atoms with Gasteiger partial charge in [0.05, 0.1) is 5.56 Å². The molecule has 22 heavy (non-hydrogen) atoms. The summed E-state index contributed by atoms with van der Waals surface area (Å²) < 4.78 is 0. The number of aromatic nitrogens is 1. The maximum atomic E-state index is 11.9. The lowest BCUT2D eigenvalue weighted by Crippen LogP contribution is -2.11. The first kappa shape index (κ1) is 14.8. The zero-order valence-electron chi connectivity index (χ0n) is 11.4. The average molecular weight is 289 g/mol. The number of rotatable bonds is 4. The van der Waals surface area contributed by atoms with Crippen molar-refractivity contribution in [1.29, 1.82) is 10.5 Å². The van der Waals surface area contributed by atoms with Gasteiger partial charge in [-0.25, -0.2) is 0 Å². The van der Waals surface area contributed by atoms with E-state index in [-0.39, 0.29) is 11.5 Å². The van der Waals surface area contributed by atoms with Crippen LogP contribution in [0, 0.1) is 22.7 Å². The van der Waals surface area contributed by atoms with Crippen LogP contribution in [0.1, 0.15) is 10.4 Å². The number of allylic oxidation sites excluding steroid dienone is 1. The third-order valence-corrected chi connectivity index (χ3v) is 2.69. The molecule has 6 nitrogen and oxygen atoms in total. The van der Waals surface area contributed by atoms with E-state index >= 15 is 0 Å². The minimum atomic E-state index is -0.245. The number of anilines is 2. The van der Waals surface area contributed by atoms with Gasteiger partial charge >= 0.3 is 0 Å². The van der Waals surface area contributed by atoms with Crippen LogP contribution in [0.3, 0.4) is 0 Å². The first-order chi connectivity index (χ1) is 10.7. The van der Waals surface area contributed by atoms with Gasteiger partial charge in [-0.15, -0.1) is 0 Å². The number of carbonyl (C=O) groups is 1. The third kappa shape index (κ3) is 3.92. The van der Waals surface area contributed by atoms with Crippen molar-refractivity contribution in [2.75, 3.05) is 10.6 Å². The fourth-order valence-electron chi connectivity index (χ4n) is 1.60. The topological polar surface area (TPSA) is 102 Å². The number of hydrogen-bond donors (Lipinski definition) is 2. The Kier molecular flexibility index (Phi) is 4.85. The molecule has 0 bridgehead atoms. The third-order valence-electron chi connectivity index (χ3n) is 2.69. The smallest absolute Gasteiger partial charge is 0.257 e. The molecule has 106 valence electrons. The molecule has 0 unspecified atom stereocenters. The van der Waals surface area contributed by atoms with Crippen LogP contribution in [0.15, 0.2) is 60.6 Å². The Balaban J connectivity index is 2.01. The van der Waals surface area contributed by atoms with E-state index in [0.717, 1.165) is 0 Å². The summed E-state index contributed by atoms with van der Waals surface area (Å²) in [6.07, 6.45) is 4.41. The van der Waals surface area contributed by atoms with Crippen LogP contribution in [0.2, 0.25) is 0 Å². The first-order valence-electron chi connectivity index (χ1n) is 6.31. The van der Waals surface area contributed by atoms with Gasteiger partial charge < -0.3 is 10.6 Å². The Hall–Kier alpha value is -3.64. The summed E-state index contributed by atoms with van der Waals surface area (Å²) in [5.74, 6) is -0.245. The summed E-state index contributed by atoms with van der Waals surface area (Å²) in [5, 5.41) is 22.8. The number of pyridine rings is 1. The zero-order chi connectivity index (χ0) is 15.8. The highest BCUT2D eigenvalue weighted by atomic mass is 16.1. The van der Waals surface area contributed by atoms with Gasteiger partial charge in [-0.05, 0) is 36.4 Å². The summed E-state index contributed by atoms with van der Waals surface area (Å²) in [6, 6.07) is 13.7. The molecule has 0 aliphatic carbocycles. The summed E-state index contributed by atoms with van der Waals surface area (Å²) in [7, 11) is 0. The van der Waals surface area contributed by atoms with Gasteiger partial charge in [-0.1, -0.05) is 0 Å². The molecule has 2 aromatic rings. The van der Waals surface area contributed by atoms with E-state index < -0.39 is 0 Å². The fraction of sp³-hybridized carbons (Fsp3) is 0. The molecule has 0 aliphatic heterocycles. The minimum absolute atomic E-state index is 0.0195. The largest absolute Gasteiger partial charge is 0.360 e. The summed E-state index contributed by atoms with van der Waals surface area (Å²) in [6.45, 7) is 0. The highest BCUT2D eigenvalue weighted by Crippen LogP contribution is 2.14. The summed E-state index contributed by atoms with van der Waals surface area (Å²) in [4.78, 5) is 15.8. The molecule has 6 heteroatoms. The Morgan fingerprint density at radius 2 is 1.77 bits per heavy atom. The molecular weight excluding hydrogens is 278 g/mol. The number of amides is 1. The Labute approximate surface area is 127 Å². The number of nitriles is 2. The predicted molar refractivity (Wildman–Crippen MR) is 81.6 cm³/mol. The average Bonchev–Trinajstić information content (AvgIpc) is 2.58. The maximum Gasteiger partial charge on any atom is 0.257 e. The minimum Gasteiger partial charge on any atom is -0.360 e. The van der Waals surface area contributed by atoms with Gasteiger partial charge in [0.2, 0.25) is 0 Å². The summed E-state index contributed by atoms with van der Waals surface area (Å²) >= 11 is 0. The van der Waals surface area contributed by atoms with Crippen molar-refractivity contribution in [3.63, 3.8) is 0 Å². The number of nitrogens with one attached hydrogen (secondary N) is 2. The van der Waals surface area contributed by atoms with Crippen molar-refractivity contribution in [1.82, 2.24) is 4.98 Å². The van der Waals surface area contributed by atoms with Gasteiger partial charge in [-0.3, -0.25) is 9.78 Å². The SMILES string of the molecule is N#CC(C#N)=CNc1ccc(NC(=O)c2cccnc2)cc1. The molecule has 1 amide bonds. The van der Waals surface area contributed by atoms with Crippen molar-refractivity contribution in [2.45, 2.75) is 0 Å². The molecule has 0 aliphatic rings. The number of carbonyl (C=O) groups excluding carboxylic acids is 1. The molecule has 1 aromatic carbocycles.